The zero-order valence-electron chi connectivity index (χ0n) is 27.4. The van der Waals surface area contributed by atoms with Gasteiger partial charge in [-0.2, -0.15) is 0 Å². The summed E-state index contributed by atoms with van der Waals surface area (Å²) in [4.78, 5) is 45.2. The van der Waals surface area contributed by atoms with E-state index in [1.165, 1.54) is 18.4 Å². The van der Waals surface area contributed by atoms with Gasteiger partial charge >= 0.3 is 5.97 Å². The van der Waals surface area contributed by atoms with E-state index in [4.69, 9.17) is 14.5 Å². The number of anilines is 1. The fourth-order valence-corrected chi connectivity index (χ4v) is 7.13. The van der Waals surface area contributed by atoms with Gasteiger partial charge in [0.2, 0.25) is 5.91 Å². The van der Waals surface area contributed by atoms with Crippen LogP contribution in [0.2, 0.25) is 0 Å². The van der Waals surface area contributed by atoms with E-state index in [0.29, 0.717) is 34.2 Å². The van der Waals surface area contributed by atoms with Crippen molar-refractivity contribution in [2.75, 3.05) is 12.4 Å². The number of amides is 2. The molecule has 0 aliphatic heterocycles. The van der Waals surface area contributed by atoms with E-state index in [-0.39, 0.29) is 17.5 Å². The Kier molecular flexibility index (Phi) is 11.1. The first-order valence-corrected chi connectivity index (χ1v) is 17.4. The highest BCUT2D eigenvalue weighted by Crippen LogP contribution is 2.36. The molecule has 8 nitrogen and oxygen atoms in total. The maximum atomic E-state index is 13.8. The van der Waals surface area contributed by atoms with E-state index in [9.17, 15) is 14.4 Å². The zero-order chi connectivity index (χ0) is 34.0. The summed E-state index contributed by atoms with van der Waals surface area (Å²) in [6.07, 6.45) is 5.48. The number of ether oxygens (including phenoxy) is 2. The third-order valence-electron chi connectivity index (χ3n) is 8.64. The molecule has 2 N–H and O–H groups in total. The molecule has 0 radical (unpaired) electrons. The van der Waals surface area contributed by atoms with E-state index in [2.05, 4.69) is 10.6 Å². The molecule has 1 aliphatic carbocycles. The van der Waals surface area contributed by atoms with Crippen molar-refractivity contribution >= 4 is 34.8 Å². The topological polar surface area (TPSA) is 107 Å². The van der Waals surface area contributed by atoms with Crippen molar-refractivity contribution in [3.8, 4) is 16.2 Å². The summed E-state index contributed by atoms with van der Waals surface area (Å²) < 4.78 is 10.8. The van der Waals surface area contributed by atoms with E-state index in [1.54, 1.807) is 24.3 Å². The van der Waals surface area contributed by atoms with Crippen molar-refractivity contribution < 1.29 is 23.9 Å². The number of rotatable bonds is 12. The first-order valence-electron chi connectivity index (χ1n) is 16.6. The minimum atomic E-state index is -0.496. The van der Waals surface area contributed by atoms with Crippen LogP contribution in [0.15, 0.2) is 109 Å². The Morgan fingerprint density at radius 3 is 2.27 bits per heavy atom. The lowest BCUT2D eigenvalue weighted by Crippen LogP contribution is -2.36. The van der Waals surface area contributed by atoms with E-state index in [1.807, 2.05) is 84.9 Å². The van der Waals surface area contributed by atoms with Crippen LogP contribution in [0.5, 0.6) is 5.75 Å². The van der Waals surface area contributed by atoms with Gasteiger partial charge in [-0.05, 0) is 66.3 Å². The normalized spacial score (nSPS) is 13.7. The lowest BCUT2D eigenvalue weighted by Gasteiger charge is -2.24. The van der Waals surface area contributed by atoms with E-state index in [0.717, 1.165) is 54.5 Å². The summed E-state index contributed by atoms with van der Waals surface area (Å²) in [6.45, 7) is 0.472. The molecular formula is C40H39N3O5S. The molecule has 0 bridgehead atoms. The SMILES string of the molecule is COC(=O)c1cccc(NC(=O)c2nc([C@H](Cc3ccc(OCc4ccccc4)cc3)NC(=O)C3CCCCC3)sc2-c2ccccc2)c1. The number of nitrogens with zero attached hydrogens (tertiary/aromatic N) is 1. The minimum absolute atomic E-state index is 0.0228. The van der Waals surface area contributed by atoms with Gasteiger partial charge in [0.25, 0.3) is 5.91 Å². The third kappa shape index (κ3) is 8.80. The molecule has 1 saturated carbocycles. The molecule has 1 atom stereocenters. The third-order valence-corrected chi connectivity index (χ3v) is 9.86. The number of thiazole rings is 1. The van der Waals surface area contributed by atoms with Gasteiger partial charge < -0.3 is 20.1 Å². The number of carbonyl (C=O) groups excluding carboxylic acids is 3. The molecule has 2 amide bonds. The molecule has 6 rings (SSSR count). The number of esters is 1. The molecule has 0 unspecified atom stereocenters. The van der Waals surface area contributed by atoms with Crippen molar-refractivity contribution in [2.24, 2.45) is 5.92 Å². The number of methoxy groups -OCH3 is 1. The molecule has 1 heterocycles. The number of hydrogen-bond acceptors (Lipinski definition) is 7. The smallest absolute Gasteiger partial charge is 0.337 e. The second-order valence-corrected chi connectivity index (χ2v) is 13.2. The van der Waals surface area contributed by atoms with Gasteiger partial charge in [-0.25, -0.2) is 9.78 Å². The molecule has 250 valence electrons. The Morgan fingerprint density at radius 2 is 1.55 bits per heavy atom. The van der Waals surface area contributed by atoms with Crippen LogP contribution in [0.3, 0.4) is 0 Å². The molecule has 0 spiro atoms. The monoisotopic (exact) mass is 673 g/mol. The number of nitrogens with one attached hydrogen (secondary N) is 2. The van der Waals surface area contributed by atoms with Crippen LogP contribution >= 0.6 is 11.3 Å². The Labute approximate surface area is 290 Å². The van der Waals surface area contributed by atoms with Crippen LogP contribution in [-0.2, 0) is 22.6 Å². The van der Waals surface area contributed by atoms with Crippen LogP contribution in [0.1, 0.15) is 75.1 Å². The fourth-order valence-electron chi connectivity index (χ4n) is 6.01. The van der Waals surface area contributed by atoms with Crippen LogP contribution in [-0.4, -0.2) is 29.9 Å². The summed E-state index contributed by atoms with van der Waals surface area (Å²) in [7, 11) is 1.31. The van der Waals surface area contributed by atoms with Crippen LogP contribution in [0.25, 0.3) is 10.4 Å². The minimum Gasteiger partial charge on any atom is -0.489 e. The quantitative estimate of drug-likeness (QED) is 0.129. The maximum absolute atomic E-state index is 13.8. The Balaban J connectivity index is 1.29. The molecular weight excluding hydrogens is 635 g/mol. The molecule has 5 aromatic rings. The van der Waals surface area contributed by atoms with Crippen molar-refractivity contribution in [2.45, 2.75) is 51.2 Å². The van der Waals surface area contributed by atoms with Gasteiger partial charge in [-0.15, -0.1) is 11.3 Å². The van der Waals surface area contributed by atoms with Crippen LogP contribution in [0.4, 0.5) is 5.69 Å². The number of hydrogen-bond donors (Lipinski definition) is 2. The van der Waals surface area contributed by atoms with Crippen molar-refractivity contribution in [1.29, 1.82) is 0 Å². The Morgan fingerprint density at radius 1 is 0.837 bits per heavy atom. The standard InChI is InChI=1S/C40H39N3O5S/c1-47-40(46)31-18-11-19-32(25-31)41-38(45)35-36(29-14-7-3-8-15-29)49-39(43-35)34(42-37(44)30-16-9-4-10-17-30)24-27-20-22-33(23-21-27)48-26-28-12-5-2-6-13-28/h2-3,5-8,11-15,18-23,25,30,34H,4,9-10,16-17,24,26H2,1H3,(H,41,45)(H,42,44)/t34-/m0/s1. The van der Waals surface area contributed by atoms with Crippen LogP contribution in [0, 0.1) is 5.92 Å². The summed E-state index contributed by atoms with van der Waals surface area (Å²) in [5.74, 6) is -0.172. The average molecular weight is 674 g/mol. The predicted octanol–water partition coefficient (Wildman–Crippen LogP) is 8.41. The lowest BCUT2D eigenvalue weighted by atomic mass is 9.88. The molecule has 1 fully saturated rings. The van der Waals surface area contributed by atoms with Gasteiger partial charge in [0.1, 0.15) is 23.1 Å². The Hall–Kier alpha value is -5.28. The molecule has 9 heteroatoms. The van der Waals surface area contributed by atoms with Crippen molar-refractivity contribution in [3.63, 3.8) is 0 Å². The number of aromatic nitrogens is 1. The highest BCUT2D eigenvalue weighted by atomic mass is 32.1. The van der Waals surface area contributed by atoms with Gasteiger partial charge in [0.05, 0.1) is 23.6 Å². The maximum Gasteiger partial charge on any atom is 0.337 e. The van der Waals surface area contributed by atoms with Gasteiger partial charge in [0.15, 0.2) is 0 Å². The van der Waals surface area contributed by atoms with Crippen molar-refractivity contribution in [1.82, 2.24) is 10.3 Å². The summed E-state index contributed by atoms with van der Waals surface area (Å²) in [5, 5.41) is 6.86. The largest absolute Gasteiger partial charge is 0.489 e. The first kappa shape index (κ1) is 33.6. The lowest BCUT2D eigenvalue weighted by molar-refractivity contribution is -0.126. The highest BCUT2D eigenvalue weighted by Gasteiger charge is 2.29. The average Bonchev–Trinajstić information content (AvgIpc) is 3.61. The summed E-state index contributed by atoms with van der Waals surface area (Å²) in [5.41, 5.74) is 3.95. The van der Waals surface area contributed by atoms with Gasteiger partial charge in [-0.1, -0.05) is 98.1 Å². The second kappa shape index (κ2) is 16.2. The fraction of sp³-hybridized carbons (Fsp3) is 0.250. The van der Waals surface area contributed by atoms with Gasteiger partial charge in [-0.3, -0.25) is 9.59 Å². The molecule has 1 aliphatic rings. The predicted molar refractivity (Wildman–Crippen MR) is 192 cm³/mol. The molecule has 0 saturated heterocycles. The highest BCUT2D eigenvalue weighted by molar-refractivity contribution is 7.15. The second-order valence-electron chi connectivity index (χ2n) is 12.1. The summed E-state index contributed by atoms with van der Waals surface area (Å²) >= 11 is 1.40. The van der Waals surface area contributed by atoms with E-state index < -0.39 is 17.9 Å². The molecule has 1 aromatic heterocycles. The van der Waals surface area contributed by atoms with E-state index >= 15 is 0 Å². The van der Waals surface area contributed by atoms with Crippen molar-refractivity contribution in [3.05, 3.63) is 137 Å². The van der Waals surface area contributed by atoms with Gasteiger partial charge in [0, 0.05) is 11.6 Å². The number of benzene rings is 4. The van der Waals surface area contributed by atoms with Crippen LogP contribution < -0.4 is 15.4 Å². The molecule has 4 aromatic carbocycles. The molecule has 49 heavy (non-hydrogen) atoms. The zero-order valence-corrected chi connectivity index (χ0v) is 28.2. The number of carbonyl (C=O) groups is 3. The Bertz CT molecular complexity index is 1870. The summed E-state index contributed by atoms with van der Waals surface area (Å²) in [6, 6.07) is 33.7. The first-order chi connectivity index (χ1) is 24.0.